The molecule has 0 saturated carbocycles. The van der Waals surface area contributed by atoms with Crippen LogP contribution in [0.4, 0.5) is 5.69 Å². The maximum absolute atomic E-state index is 9.65. The summed E-state index contributed by atoms with van der Waals surface area (Å²) in [6, 6.07) is 11.4. The third-order valence-electron chi connectivity index (χ3n) is 5.39. The summed E-state index contributed by atoms with van der Waals surface area (Å²) in [4.78, 5) is 21.6. The Kier molecular flexibility index (Phi) is 5.02. The van der Waals surface area contributed by atoms with E-state index in [0.717, 1.165) is 0 Å². The molecule has 11 heteroatoms. The number of benzene rings is 1. The van der Waals surface area contributed by atoms with Gasteiger partial charge in [0.05, 0.1) is 23.2 Å². The lowest BCUT2D eigenvalue weighted by molar-refractivity contribution is 0.604. The number of hydrogen-bond acceptors (Lipinski definition) is 11. The molecular formula is C22H9N11. The molecule has 0 spiro atoms. The molecule has 3 heterocycles. The van der Waals surface area contributed by atoms with Crippen LogP contribution in [0.5, 0.6) is 0 Å². The molecule has 0 aliphatic carbocycles. The Morgan fingerprint density at radius 1 is 0.636 bits per heavy atom. The van der Waals surface area contributed by atoms with Crippen molar-refractivity contribution in [1.82, 2.24) is 19.9 Å². The number of aliphatic imine (C=N–C) groups is 1. The topological polar surface area (TPSA) is 207 Å². The van der Waals surface area contributed by atoms with Crippen molar-refractivity contribution >= 4 is 33.5 Å². The van der Waals surface area contributed by atoms with Crippen molar-refractivity contribution < 1.29 is 0 Å². The van der Waals surface area contributed by atoms with Gasteiger partial charge in [-0.1, -0.05) is 6.92 Å². The first-order valence-electron chi connectivity index (χ1n) is 9.59. The van der Waals surface area contributed by atoms with Gasteiger partial charge in [0.1, 0.15) is 52.6 Å². The van der Waals surface area contributed by atoms with Gasteiger partial charge in [0.25, 0.3) is 0 Å². The van der Waals surface area contributed by atoms with Gasteiger partial charge in [-0.3, -0.25) is 0 Å². The van der Waals surface area contributed by atoms with Crippen LogP contribution in [-0.4, -0.2) is 25.6 Å². The normalized spacial score (nSPS) is 18.6. The zero-order valence-corrected chi connectivity index (χ0v) is 17.0. The number of hydrogen-bond donors (Lipinski definition) is 0. The van der Waals surface area contributed by atoms with Crippen molar-refractivity contribution in [2.45, 2.75) is 25.7 Å². The highest BCUT2D eigenvalue weighted by molar-refractivity contribution is 6.12. The highest BCUT2D eigenvalue weighted by Gasteiger charge is 2.29. The first-order valence-corrected chi connectivity index (χ1v) is 9.59. The lowest BCUT2D eigenvalue weighted by Gasteiger charge is -2.22. The molecule has 0 bridgehead atoms. The summed E-state index contributed by atoms with van der Waals surface area (Å²) >= 11 is 0. The van der Waals surface area contributed by atoms with Crippen LogP contribution in [0.3, 0.4) is 0 Å². The predicted molar refractivity (Wildman–Crippen MR) is 111 cm³/mol. The fraction of sp³-hybridized carbons (Fsp3) is 0.227. The SMILES string of the molecule is CC1CCC(C#N)/C(C#N)=N\c2c1c1nc(C#N)c(C#N)nc1c1nc(C#N)c(C#N)nc21. The Morgan fingerprint density at radius 2 is 1.12 bits per heavy atom. The summed E-state index contributed by atoms with van der Waals surface area (Å²) in [6.07, 6.45) is 0.866. The van der Waals surface area contributed by atoms with Gasteiger partial charge in [0, 0.05) is 5.56 Å². The van der Waals surface area contributed by atoms with Gasteiger partial charge in [0.15, 0.2) is 22.8 Å². The molecule has 0 saturated heterocycles. The Labute approximate surface area is 186 Å². The Balaban J connectivity index is 2.34. The van der Waals surface area contributed by atoms with Crippen LogP contribution in [0.2, 0.25) is 0 Å². The molecule has 11 nitrogen and oxygen atoms in total. The summed E-state index contributed by atoms with van der Waals surface area (Å²) in [5.74, 6) is -0.983. The van der Waals surface area contributed by atoms with Crippen molar-refractivity contribution in [1.29, 1.82) is 31.6 Å². The average molecular weight is 427 g/mol. The van der Waals surface area contributed by atoms with E-state index in [1.54, 1.807) is 0 Å². The van der Waals surface area contributed by atoms with Crippen molar-refractivity contribution in [3.63, 3.8) is 0 Å². The molecule has 1 aliphatic heterocycles. The van der Waals surface area contributed by atoms with E-state index in [0.29, 0.717) is 18.4 Å². The fourth-order valence-corrected chi connectivity index (χ4v) is 3.81. The minimum Gasteiger partial charge on any atom is -0.238 e. The van der Waals surface area contributed by atoms with E-state index in [1.165, 1.54) is 0 Å². The van der Waals surface area contributed by atoms with Gasteiger partial charge in [-0.25, -0.2) is 24.9 Å². The van der Waals surface area contributed by atoms with E-state index in [4.69, 9.17) is 0 Å². The number of nitrogens with zero attached hydrogens (tertiary/aromatic N) is 11. The minimum absolute atomic E-state index is 0.0296. The molecular weight excluding hydrogens is 418 g/mol. The van der Waals surface area contributed by atoms with Crippen molar-refractivity contribution in [2.75, 3.05) is 0 Å². The lowest BCUT2D eigenvalue weighted by atomic mass is 9.86. The quantitative estimate of drug-likeness (QED) is 0.479. The van der Waals surface area contributed by atoms with E-state index < -0.39 is 5.92 Å². The third-order valence-corrected chi connectivity index (χ3v) is 5.39. The molecule has 33 heavy (non-hydrogen) atoms. The van der Waals surface area contributed by atoms with E-state index in [2.05, 4.69) is 31.0 Å². The summed E-state index contributed by atoms with van der Waals surface area (Å²) in [7, 11) is 0. The maximum Gasteiger partial charge on any atom is 0.177 e. The standard InChI is InChI=1S/C22H9N11/c1-10-2-3-11(4-23)12(5-24)29-18-17(10)19-21(31-14(7-26)13(6-25)30-19)22-20(18)32-15(8-27)16(9-28)33-22/h10-11H,2-3H2,1H3/b29-12-. The minimum atomic E-state index is -0.736. The zero-order chi connectivity index (χ0) is 23.7. The molecule has 2 aromatic heterocycles. The molecule has 0 N–H and O–H groups in total. The van der Waals surface area contributed by atoms with Gasteiger partial charge < -0.3 is 0 Å². The first-order chi connectivity index (χ1) is 16.0. The lowest BCUT2D eigenvalue weighted by Crippen LogP contribution is -2.15. The molecule has 0 radical (unpaired) electrons. The Morgan fingerprint density at radius 3 is 1.61 bits per heavy atom. The van der Waals surface area contributed by atoms with E-state index >= 15 is 0 Å². The Bertz CT molecular complexity index is 1660. The predicted octanol–water partition coefficient (Wildman–Crippen LogP) is 2.69. The highest BCUT2D eigenvalue weighted by Crippen LogP contribution is 2.43. The number of fused-ring (bicyclic) bond motifs is 6. The maximum atomic E-state index is 9.65. The Hall–Kier alpha value is -5.49. The number of nitriles is 6. The second-order valence-corrected chi connectivity index (χ2v) is 7.21. The third kappa shape index (κ3) is 3.11. The number of aromatic nitrogens is 4. The molecule has 0 fully saturated rings. The van der Waals surface area contributed by atoms with Crippen molar-refractivity contribution in [2.24, 2.45) is 10.9 Å². The average Bonchev–Trinajstić information content (AvgIpc) is 2.84. The summed E-state index contributed by atoms with van der Waals surface area (Å²) in [5.41, 5.74) is 0.259. The first kappa shape index (κ1) is 20.8. The second kappa shape index (κ2) is 7.98. The molecule has 2 unspecified atom stereocenters. The van der Waals surface area contributed by atoms with Gasteiger partial charge >= 0.3 is 0 Å². The van der Waals surface area contributed by atoms with Gasteiger partial charge in [-0.2, -0.15) is 31.6 Å². The molecule has 0 amide bonds. The van der Waals surface area contributed by atoms with E-state index in [-0.39, 0.29) is 62.2 Å². The van der Waals surface area contributed by atoms with Crippen LogP contribution in [0.1, 0.15) is 54.0 Å². The van der Waals surface area contributed by atoms with Crippen LogP contribution in [0.25, 0.3) is 22.1 Å². The molecule has 1 aromatic carbocycles. The van der Waals surface area contributed by atoms with Crippen molar-refractivity contribution in [3.8, 4) is 36.4 Å². The highest BCUT2D eigenvalue weighted by atomic mass is 14.9. The molecule has 152 valence electrons. The fourth-order valence-electron chi connectivity index (χ4n) is 3.81. The molecule has 2 atom stereocenters. The number of rotatable bonds is 0. The largest absolute Gasteiger partial charge is 0.238 e. The summed E-state index contributed by atoms with van der Waals surface area (Å²) < 4.78 is 0. The van der Waals surface area contributed by atoms with Gasteiger partial charge in [-0.05, 0) is 18.8 Å². The zero-order valence-electron chi connectivity index (χ0n) is 17.0. The van der Waals surface area contributed by atoms with Crippen LogP contribution >= 0.6 is 0 Å². The van der Waals surface area contributed by atoms with Gasteiger partial charge in [-0.15, -0.1) is 0 Å². The van der Waals surface area contributed by atoms with Crippen LogP contribution < -0.4 is 0 Å². The van der Waals surface area contributed by atoms with Gasteiger partial charge in [0.2, 0.25) is 0 Å². The smallest absolute Gasteiger partial charge is 0.177 e. The molecule has 1 aliphatic rings. The molecule has 3 aromatic rings. The summed E-state index contributed by atoms with van der Waals surface area (Å²) in [6.45, 7) is 1.87. The second-order valence-electron chi connectivity index (χ2n) is 7.21. The van der Waals surface area contributed by atoms with Crippen LogP contribution in [-0.2, 0) is 0 Å². The van der Waals surface area contributed by atoms with Crippen LogP contribution in [0.15, 0.2) is 4.99 Å². The van der Waals surface area contributed by atoms with Crippen LogP contribution in [0, 0.1) is 73.9 Å². The van der Waals surface area contributed by atoms with Crippen molar-refractivity contribution in [3.05, 3.63) is 28.3 Å². The van der Waals surface area contributed by atoms with E-state index in [9.17, 15) is 31.6 Å². The molecule has 4 rings (SSSR count). The van der Waals surface area contributed by atoms with E-state index in [1.807, 2.05) is 37.3 Å². The summed E-state index contributed by atoms with van der Waals surface area (Å²) in [5, 5.41) is 57.0. The monoisotopic (exact) mass is 427 g/mol.